The number of carbonyl (C=O) groups excluding carboxylic acids is 1. The molecule has 0 spiro atoms. The molecule has 0 saturated heterocycles. The van der Waals surface area contributed by atoms with Gasteiger partial charge in [0.05, 0.1) is 24.4 Å². The largest absolute Gasteiger partial charge is 0.386 e. The summed E-state index contributed by atoms with van der Waals surface area (Å²) in [7, 11) is 1.76. The summed E-state index contributed by atoms with van der Waals surface area (Å²) in [6, 6.07) is 3.12. The molecule has 1 fully saturated rings. The summed E-state index contributed by atoms with van der Waals surface area (Å²) in [4.78, 5) is 36.6. The lowest BCUT2D eigenvalue weighted by Crippen LogP contribution is -2.52. The molecule has 10 heteroatoms. The number of ether oxygens (including phenoxy) is 1. The number of imidazole rings is 1. The number of carbonyl (C=O) groups is 1. The Morgan fingerprint density at radius 2 is 2.18 bits per heavy atom. The van der Waals surface area contributed by atoms with Crippen LogP contribution in [0.1, 0.15) is 18.4 Å². The van der Waals surface area contributed by atoms with E-state index in [1.54, 1.807) is 25.4 Å². The van der Waals surface area contributed by atoms with Gasteiger partial charge in [0, 0.05) is 19.3 Å². The molecule has 1 aliphatic heterocycles. The monoisotopic (exact) mass is 381 g/mol. The van der Waals surface area contributed by atoms with Gasteiger partial charge in [-0.3, -0.25) is 4.79 Å². The molecule has 0 aromatic carbocycles. The summed E-state index contributed by atoms with van der Waals surface area (Å²) in [5.41, 5.74) is 2.58. The Morgan fingerprint density at radius 3 is 2.96 bits per heavy atom. The van der Waals surface area contributed by atoms with Crippen molar-refractivity contribution in [2.75, 3.05) is 17.7 Å². The lowest BCUT2D eigenvalue weighted by Gasteiger charge is -2.36. The minimum atomic E-state index is -0.305. The summed E-state index contributed by atoms with van der Waals surface area (Å²) in [5, 5.41) is 9.10. The fourth-order valence-corrected chi connectivity index (χ4v) is 3.50. The van der Waals surface area contributed by atoms with Gasteiger partial charge >= 0.3 is 6.03 Å². The molecule has 3 aromatic rings. The van der Waals surface area contributed by atoms with Crippen molar-refractivity contribution in [3.63, 3.8) is 0 Å². The van der Waals surface area contributed by atoms with Gasteiger partial charge in [0.1, 0.15) is 23.3 Å². The molecule has 1 amide bonds. The highest BCUT2D eigenvalue weighted by Crippen LogP contribution is 2.28. The number of anilines is 3. The van der Waals surface area contributed by atoms with E-state index in [1.807, 2.05) is 0 Å². The lowest BCUT2D eigenvalue weighted by molar-refractivity contribution is -0.0324. The number of nitrogens with one attached hydrogen (secondary N) is 4. The first-order valence-corrected chi connectivity index (χ1v) is 9.09. The van der Waals surface area contributed by atoms with Gasteiger partial charge in [-0.05, 0) is 24.5 Å². The van der Waals surface area contributed by atoms with Crippen LogP contribution in [0.4, 0.5) is 22.0 Å². The molecule has 5 rings (SSSR count). The van der Waals surface area contributed by atoms with Crippen LogP contribution in [0.3, 0.4) is 0 Å². The second-order valence-corrected chi connectivity index (χ2v) is 6.95. The van der Waals surface area contributed by atoms with Crippen molar-refractivity contribution in [2.24, 2.45) is 0 Å². The van der Waals surface area contributed by atoms with Crippen LogP contribution in [0.2, 0.25) is 0 Å². The minimum Gasteiger partial charge on any atom is -0.386 e. The van der Waals surface area contributed by atoms with Crippen molar-refractivity contribution in [2.45, 2.75) is 31.6 Å². The summed E-state index contributed by atoms with van der Waals surface area (Å²) >= 11 is 0. The Kier molecular flexibility index (Phi) is 3.79. The molecule has 10 nitrogen and oxygen atoms in total. The minimum absolute atomic E-state index is 0.0681. The normalized spacial score (nSPS) is 21.2. The van der Waals surface area contributed by atoms with E-state index in [0.717, 1.165) is 18.4 Å². The third kappa shape index (κ3) is 2.69. The van der Waals surface area contributed by atoms with Crippen LogP contribution in [0.25, 0.3) is 11.2 Å². The average molecular weight is 381 g/mol. The molecule has 4 heterocycles. The molecule has 2 atom stereocenters. The van der Waals surface area contributed by atoms with E-state index in [4.69, 9.17) is 4.74 Å². The number of hydrogen-bond donors (Lipinski definition) is 4. The number of aromatic amines is 1. The molecule has 1 saturated carbocycles. The molecule has 1 aliphatic carbocycles. The van der Waals surface area contributed by atoms with Gasteiger partial charge in [-0.25, -0.2) is 19.3 Å². The van der Waals surface area contributed by atoms with E-state index >= 15 is 0 Å². The van der Waals surface area contributed by atoms with Crippen molar-refractivity contribution >= 4 is 34.4 Å². The SMILES string of the molecule is CNc1cc2nc3c1ncn3C(=O)N[C@@H]1CC[C@H]1OCc1c[nH]c(=O)c(c1)N2. The number of aromatic nitrogens is 4. The maximum absolute atomic E-state index is 12.8. The third-order valence-corrected chi connectivity index (χ3v) is 5.20. The summed E-state index contributed by atoms with van der Waals surface area (Å²) in [6.07, 6.45) is 4.74. The molecule has 0 unspecified atom stereocenters. The zero-order valence-electron chi connectivity index (χ0n) is 15.2. The van der Waals surface area contributed by atoms with Gasteiger partial charge in [-0.2, -0.15) is 0 Å². The van der Waals surface area contributed by atoms with Gasteiger partial charge in [-0.1, -0.05) is 0 Å². The third-order valence-electron chi connectivity index (χ3n) is 5.20. The van der Waals surface area contributed by atoms with Crippen molar-refractivity contribution < 1.29 is 9.53 Å². The highest BCUT2D eigenvalue weighted by Gasteiger charge is 2.34. The Bertz CT molecular complexity index is 1140. The number of H-pyrrole nitrogens is 1. The van der Waals surface area contributed by atoms with Crippen LogP contribution in [0, 0.1) is 0 Å². The summed E-state index contributed by atoms with van der Waals surface area (Å²) < 4.78 is 7.32. The number of amides is 1. The average Bonchev–Trinajstić information content (AvgIpc) is 3.10. The second kappa shape index (κ2) is 6.34. The topological polar surface area (TPSA) is 126 Å². The van der Waals surface area contributed by atoms with Gasteiger partial charge in [0.25, 0.3) is 5.56 Å². The number of nitrogens with zero attached hydrogens (tertiary/aromatic N) is 3. The van der Waals surface area contributed by atoms with Crippen LogP contribution in [-0.2, 0) is 11.3 Å². The maximum Gasteiger partial charge on any atom is 0.328 e. The van der Waals surface area contributed by atoms with Crippen LogP contribution in [0.5, 0.6) is 0 Å². The number of rotatable bonds is 1. The maximum atomic E-state index is 12.8. The molecular formula is C18H19N7O3. The van der Waals surface area contributed by atoms with Crippen molar-refractivity contribution in [1.82, 2.24) is 24.8 Å². The van der Waals surface area contributed by atoms with E-state index in [2.05, 4.69) is 30.9 Å². The van der Waals surface area contributed by atoms with E-state index in [0.29, 0.717) is 35.0 Å². The highest BCUT2D eigenvalue weighted by molar-refractivity contribution is 5.94. The van der Waals surface area contributed by atoms with Gasteiger partial charge < -0.3 is 25.7 Å². The van der Waals surface area contributed by atoms with E-state index in [9.17, 15) is 9.59 Å². The number of hydrogen-bond acceptors (Lipinski definition) is 7. The molecule has 4 bridgehead atoms. The van der Waals surface area contributed by atoms with Crippen molar-refractivity contribution in [1.29, 1.82) is 0 Å². The Morgan fingerprint density at radius 1 is 1.29 bits per heavy atom. The molecule has 2 aliphatic rings. The molecule has 0 radical (unpaired) electrons. The second-order valence-electron chi connectivity index (χ2n) is 6.95. The van der Waals surface area contributed by atoms with Crippen LogP contribution < -0.4 is 21.5 Å². The Hall–Kier alpha value is -3.40. The molecule has 4 N–H and O–H groups in total. The first-order valence-electron chi connectivity index (χ1n) is 9.09. The fraction of sp³-hybridized carbons (Fsp3) is 0.333. The van der Waals surface area contributed by atoms with Crippen LogP contribution in [-0.4, -0.2) is 44.7 Å². The molecule has 144 valence electrons. The highest BCUT2D eigenvalue weighted by atomic mass is 16.5. The Balaban J connectivity index is 1.67. The zero-order chi connectivity index (χ0) is 19.3. The van der Waals surface area contributed by atoms with Crippen LogP contribution in [0.15, 0.2) is 29.5 Å². The van der Waals surface area contributed by atoms with Gasteiger partial charge in [-0.15, -0.1) is 0 Å². The van der Waals surface area contributed by atoms with Crippen LogP contribution >= 0.6 is 0 Å². The van der Waals surface area contributed by atoms with E-state index in [1.165, 1.54) is 10.9 Å². The predicted octanol–water partition coefficient (Wildman–Crippen LogP) is 1.52. The number of pyridine rings is 2. The quantitative estimate of drug-likeness (QED) is 0.503. The summed E-state index contributed by atoms with van der Waals surface area (Å²) in [6.45, 7) is 0.340. The summed E-state index contributed by atoms with van der Waals surface area (Å²) in [5.74, 6) is 0.425. The van der Waals surface area contributed by atoms with E-state index < -0.39 is 0 Å². The fourth-order valence-electron chi connectivity index (χ4n) is 3.50. The standard InChI is InChI=1S/C18H19N7O3/c1-19-11-5-14-22-12-4-9(6-20-17(12)26)7-28-13-3-2-10(13)23-18(27)25-8-21-15(11)16(25)24-14/h4-6,8,10,13H,2-3,7H2,1H3,(H,20,26)(H,23,27)(H2,19,22,24)/t10-,13-/m1/s1. The molecule has 3 aromatic heterocycles. The van der Waals surface area contributed by atoms with E-state index in [-0.39, 0.29) is 23.7 Å². The van der Waals surface area contributed by atoms with Gasteiger partial charge in [0.2, 0.25) is 0 Å². The first-order chi connectivity index (χ1) is 13.6. The van der Waals surface area contributed by atoms with Gasteiger partial charge in [0.15, 0.2) is 5.65 Å². The lowest BCUT2D eigenvalue weighted by atomic mass is 9.89. The van der Waals surface area contributed by atoms with Crippen molar-refractivity contribution in [3.05, 3.63) is 40.6 Å². The molecule has 28 heavy (non-hydrogen) atoms. The molecular weight excluding hydrogens is 362 g/mol. The van der Waals surface area contributed by atoms with Crippen molar-refractivity contribution in [3.8, 4) is 0 Å². The smallest absolute Gasteiger partial charge is 0.328 e. The first kappa shape index (κ1) is 16.8. The zero-order valence-corrected chi connectivity index (χ0v) is 15.2. The number of fused-ring (bicyclic) bond motifs is 4. The predicted molar refractivity (Wildman–Crippen MR) is 103 cm³/mol. The Labute approximate surface area is 159 Å².